The molecular formula is C15H17ClN2O5. The lowest BCUT2D eigenvalue weighted by Gasteiger charge is -2.17. The van der Waals surface area contributed by atoms with E-state index in [1.165, 1.54) is 0 Å². The number of carboxylic acid groups (broad SMARTS) is 1. The number of amides is 1. The van der Waals surface area contributed by atoms with Crippen LogP contribution in [0, 0.1) is 0 Å². The maximum absolute atomic E-state index is 12.0. The lowest BCUT2D eigenvalue weighted by Crippen LogP contribution is -2.43. The molecule has 8 heteroatoms. The van der Waals surface area contributed by atoms with Gasteiger partial charge in [-0.15, -0.1) is 0 Å². The van der Waals surface area contributed by atoms with Gasteiger partial charge in [-0.1, -0.05) is 28.9 Å². The van der Waals surface area contributed by atoms with Crippen molar-refractivity contribution >= 4 is 28.6 Å². The smallest absolute Gasteiger partial charge is 0.326 e. The van der Waals surface area contributed by atoms with Gasteiger partial charge in [-0.05, 0) is 17.7 Å². The molecule has 124 valence electrons. The van der Waals surface area contributed by atoms with Gasteiger partial charge in [-0.2, -0.15) is 0 Å². The van der Waals surface area contributed by atoms with Crippen molar-refractivity contribution in [3.05, 3.63) is 29.8 Å². The number of nitrogens with zero attached hydrogens (tertiary/aromatic N) is 1. The molecule has 1 aliphatic heterocycles. The Labute approximate surface area is 138 Å². The molecule has 0 saturated heterocycles. The van der Waals surface area contributed by atoms with Crippen LogP contribution in [0.15, 0.2) is 29.4 Å². The summed E-state index contributed by atoms with van der Waals surface area (Å²) < 4.78 is 5.04. The summed E-state index contributed by atoms with van der Waals surface area (Å²) in [5, 5.41) is 15.6. The first-order valence-electron chi connectivity index (χ1n) is 7.01. The van der Waals surface area contributed by atoms with Gasteiger partial charge in [0, 0.05) is 12.8 Å². The molecule has 2 N–H and O–H groups in total. The van der Waals surface area contributed by atoms with Crippen molar-refractivity contribution < 1.29 is 24.3 Å². The third kappa shape index (κ3) is 5.14. The van der Waals surface area contributed by atoms with Crippen molar-refractivity contribution in [3.8, 4) is 5.75 Å². The number of hydrogen-bond donors (Lipinski definition) is 2. The third-order valence-corrected chi connectivity index (χ3v) is 3.58. The van der Waals surface area contributed by atoms with E-state index < -0.39 is 18.1 Å². The Morgan fingerprint density at radius 3 is 2.70 bits per heavy atom. The highest BCUT2D eigenvalue weighted by atomic mass is 35.5. The number of nitrogens with one attached hydrogen (secondary N) is 1. The minimum absolute atomic E-state index is 0.0799. The van der Waals surface area contributed by atoms with Gasteiger partial charge in [0.1, 0.15) is 23.1 Å². The first kappa shape index (κ1) is 17.1. The highest BCUT2D eigenvalue weighted by molar-refractivity contribution is 6.65. The minimum Gasteiger partial charge on any atom is -0.497 e. The third-order valence-electron chi connectivity index (χ3n) is 3.35. The zero-order valence-electron chi connectivity index (χ0n) is 12.5. The largest absolute Gasteiger partial charge is 0.497 e. The number of carboxylic acids is 1. The number of hydrogen-bond acceptors (Lipinski definition) is 5. The summed E-state index contributed by atoms with van der Waals surface area (Å²) >= 11 is 5.69. The number of methoxy groups -OCH3 is 1. The van der Waals surface area contributed by atoms with Crippen LogP contribution >= 0.6 is 11.6 Å². The monoisotopic (exact) mass is 340 g/mol. The van der Waals surface area contributed by atoms with Crippen LogP contribution in [0.3, 0.4) is 0 Å². The van der Waals surface area contributed by atoms with Crippen molar-refractivity contribution in [2.24, 2.45) is 5.16 Å². The first-order valence-corrected chi connectivity index (χ1v) is 7.39. The molecule has 7 nitrogen and oxygen atoms in total. The van der Waals surface area contributed by atoms with E-state index in [1.54, 1.807) is 31.4 Å². The molecule has 2 rings (SSSR count). The van der Waals surface area contributed by atoms with E-state index in [9.17, 15) is 14.7 Å². The summed E-state index contributed by atoms with van der Waals surface area (Å²) in [6.07, 6.45) is 0.0875. The van der Waals surface area contributed by atoms with Crippen molar-refractivity contribution in [1.82, 2.24) is 5.32 Å². The molecule has 0 aliphatic carbocycles. The summed E-state index contributed by atoms with van der Waals surface area (Å²) in [4.78, 5) is 28.3. The first-order chi connectivity index (χ1) is 11.0. The highest BCUT2D eigenvalue weighted by Crippen LogP contribution is 2.18. The standard InChI is InChI=1S/C15H17ClN2O5/c1-22-10-4-2-9(3-5-10)6-14(19)17-12(15(20)21)7-11-8-13(16)18-23-11/h2-5,11-12H,6-8H2,1H3,(H,17,19)(H,20,21). The normalized spacial score (nSPS) is 17.8. The molecule has 0 fully saturated rings. The summed E-state index contributed by atoms with van der Waals surface area (Å²) in [5.41, 5.74) is 0.760. The van der Waals surface area contributed by atoms with Crippen molar-refractivity contribution in [2.75, 3.05) is 7.11 Å². The predicted octanol–water partition coefficient (Wildman–Crippen LogP) is 1.54. The second-order valence-electron chi connectivity index (χ2n) is 5.12. The molecule has 0 spiro atoms. The number of aliphatic carboxylic acids is 1. The van der Waals surface area contributed by atoms with E-state index in [2.05, 4.69) is 10.5 Å². The van der Waals surface area contributed by atoms with Crippen LogP contribution in [0.5, 0.6) is 5.75 Å². The lowest BCUT2D eigenvalue weighted by molar-refractivity contribution is -0.142. The van der Waals surface area contributed by atoms with Gasteiger partial charge in [-0.25, -0.2) is 4.79 Å². The van der Waals surface area contributed by atoms with E-state index in [0.717, 1.165) is 5.56 Å². The SMILES string of the molecule is COc1ccc(CC(=O)NC(CC2CC(Cl)=NO2)C(=O)O)cc1. The maximum Gasteiger partial charge on any atom is 0.326 e. The fraction of sp³-hybridized carbons (Fsp3) is 0.400. The Balaban J connectivity index is 1.88. The minimum atomic E-state index is -1.13. The van der Waals surface area contributed by atoms with Crippen LogP contribution in [0.2, 0.25) is 0 Å². The van der Waals surface area contributed by atoms with Gasteiger partial charge in [-0.3, -0.25) is 4.79 Å². The van der Waals surface area contributed by atoms with E-state index in [0.29, 0.717) is 17.3 Å². The zero-order chi connectivity index (χ0) is 16.8. The number of carbonyl (C=O) groups is 2. The Hall–Kier alpha value is -2.28. The quantitative estimate of drug-likeness (QED) is 0.784. The number of rotatable bonds is 7. The van der Waals surface area contributed by atoms with E-state index in [1.807, 2.05) is 0 Å². The highest BCUT2D eigenvalue weighted by Gasteiger charge is 2.28. The number of oxime groups is 1. The topological polar surface area (TPSA) is 97.2 Å². The van der Waals surface area contributed by atoms with Gasteiger partial charge in [0.25, 0.3) is 0 Å². The number of carbonyl (C=O) groups excluding carboxylic acids is 1. The fourth-order valence-electron chi connectivity index (χ4n) is 2.18. The summed E-state index contributed by atoms with van der Waals surface area (Å²) in [6.45, 7) is 0. The summed E-state index contributed by atoms with van der Waals surface area (Å²) in [6, 6.07) is 5.93. The summed E-state index contributed by atoms with van der Waals surface area (Å²) in [5.74, 6) is -0.819. The molecule has 1 aromatic rings. The number of ether oxygens (including phenoxy) is 1. The molecule has 1 heterocycles. The van der Waals surface area contributed by atoms with Gasteiger partial charge in [0.05, 0.1) is 13.5 Å². The Morgan fingerprint density at radius 1 is 1.48 bits per heavy atom. The second kappa shape index (κ2) is 7.82. The van der Waals surface area contributed by atoms with Crippen molar-refractivity contribution in [1.29, 1.82) is 0 Å². The molecule has 0 saturated carbocycles. The molecule has 23 heavy (non-hydrogen) atoms. The Kier molecular flexibility index (Phi) is 5.81. The average molecular weight is 341 g/mol. The van der Waals surface area contributed by atoms with E-state index in [-0.39, 0.29) is 18.7 Å². The van der Waals surface area contributed by atoms with E-state index in [4.69, 9.17) is 21.2 Å². The van der Waals surface area contributed by atoms with Crippen LogP contribution in [-0.4, -0.2) is 41.4 Å². The fourth-order valence-corrected chi connectivity index (χ4v) is 2.39. The lowest BCUT2D eigenvalue weighted by atomic mass is 10.1. The number of halogens is 1. The van der Waals surface area contributed by atoms with Crippen LogP contribution in [-0.2, 0) is 20.8 Å². The maximum atomic E-state index is 12.0. The second-order valence-corrected chi connectivity index (χ2v) is 5.55. The van der Waals surface area contributed by atoms with Gasteiger partial charge in [0.15, 0.2) is 0 Å². The molecule has 1 aromatic carbocycles. The van der Waals surface area contributed by atoms with Crippen LogP contribution in [0.1, 0.15) is 18.4 Å². The molecule has 0 bridgehead atoms. The van der Waals surface area contributed by atoms with Gasteiger partial charge < -0.3 is 20.0 Å². The van der Waals surface area contributed by atoms with Crippen LogP contribution in [0.4, 0.5) is 0 Å². The molecular weight excluding hydrogens is 324 g/mol. The molecule has 0 radical (unpaired) electrons. The van der Waals surface area contributed by atoms with E-state index >= 15 is 0 Å². The zero-order valence-corrected chi connectivity index (χ0v) is 13.2. The van der Waals surface area contributed by atoms with Crippen molar-refractivity contribution in [3.63, 3.8) is 0 Å². The molecule has 1 aliphatic rings. The molecule has 2 atom stereocenters. The summed E-state index contributed by atoms with van der Waals surface area (Å²) in [7, 11) is 1.56. The van der Waals surface area contributed by atoms with Gasteiger partial charge in [0.2, 0.25) is 5.91 Å². The van der Waals surface area contributed by atoms with Crippen LogP contribution < -0.4 is 10.1 Å². The average Bonchev–Trinajstić information content (AvgIpc) is 2.92. The molecule has 2 unspecified atom stereocenters. The number of benzene rings is 1. The Morgan fingerprint density at radius 2 is 2.17 bits per heavy atom. The Bertz CT molecular complexity index is 602. The molecule has 0 aromatic heterocycles. The van der Waals surface area contributed by atoms with Crippen LogP contribution in [0.25, 0.3) is 0 Å². The molecule has 1 amide bonds. The van der Waals surface area contributed by atoms with Crippen molar-refractivity contribution in [2.45, 2.75) is 31.4 Å². The predicted molar refractivity (Wildman–Crippen MR) is 83.7 cm³/mol. The van der Waals surface area contributed by atoms with Gasteiger partial charge >= 0.3 is 5.97 Å².